The number of H-pyrrole nitrogens is 2. The second-order valence-electron chi connectivity index (χ2n) is 4.48. The maximum absolute atomic E-state index is 11.7. The zero-order valence-corrected chi connectivity index (χ0v) is 11.4. The van der Waals surface area contributed by atoms with Crippen LogP contribution in [0.2, 0.25) is 5.02 Å². The van der Waals surface area contributed by atoms with Crippen molar-refractivity contribution >= 4 is 28.4 Å². The van der Waals surface area contributed by atoms with Crippen LogP contribution in [0, 0.1) is 0 Å². The van der Waals surface area contributed by atoms with Crippen LogP contribution in [-0.2, 0) is 6.42 Å². The predicted octanol–water partition coefficient (Wildman–Crippen LogP) is 2.52. The molecule has 0 unspecified atom stereocenters. The van der Waals surface area contributed by atoms with Gasteiger partial charge in [-0.2, -0.15) is 5.10 Å². The molecule has 2 aromatic heterocycles. The number of carbonyl (C=O) groups excluding carboxylic acids is 1. The molecule has 0 saturated carbocycles. The third kappa shape index (κ3) is 2.53. The van der Waals surface area contributed by atoms with Crippen LogP contribution in [0.1, 0.15) is 16.1 Å². The molecule has 0 aliphatic carbocycles. The second-order valence-corrected chi connectivity index (χ2v) is 4.92. The third-order valence-electron chi connectivity index (χ3n) is 3.15. The summed E-state index contributed by atoms with van der Waals surface area (Å²) >= 11 is 6.00. The number of fused-ring (bicyclic) bond motifs is 1. The highest BCUT2D eigenvalue weighted by Gasteiger charge is 2.07. The number of benzene rings is 1. The lowest BCUT2D eigenvalue weighted by atomic mass is 10.1. The number of aromatic amines is 2. The molecule has 2 heterocycles. The number of nitrogens with one attached hydrogen (secondary N) is 3. The summed E-state index contributed by atoms with van der Waals surface area (Å²) in [6.07, 6.45) is 4.24. The van der Waals surface area contributed by atoms with Gasteiger partial charge in [0.15, 0.2) is 0 Å². The van der Waals surface area contributed by atoms with Gasteiger partial charge in [-0.15, -0.1) is 0 Å². The number of amides is 1. The fraction of sp³-hybridized carbons (Fsp3) is 0.143. The van der Waals surface area contributed by atoms with Gasteiger partial charge in [0.05, 0.1) is 0 Å². The Hall–Kier alpha value is -2.27. The van der Waals surface area contributed by atoms with E-state index in [0.717, 1.165) is 22.9 Å². The molecule has 0 aliphatic rings. The van der Waals surface area contributed by atoms with Crippen molar-refractivity contribution in [2.45, 2.75) is 6.42 Å². The maximum atomic E-state index is 11.7. The van der Waals surface area contributed by atoms with E-state index in [1.54, 1.807) is 12.3 Å². The number of halogens is 1. The van der Waals surface area contributed by atoms with E-state index in [-0.39, 0.29) is 5.91 Å². The summed E-state index contributed by atoms with van der Waals surface area (Å²) in [6.45, 7) is 0.553. The summed E-state index contributed by atoms with van der Waals surface area (Å²) in [6, 6.07) is 7.37. The van der Waals surface area contributed by atoms with Gasteiger partial charge in [0.2, 0.25) is 0 Å². The van der Waals surface area contributed by atoms with Crippen LogP contribution >= 0.6 is 11.6 Å². The predicted molar refractivity (Wildman–Crippen MR) is 77.9 cm³/mol. The lowest BCUT2D eigenvalue weighted by Crippen LogP contribution is -2.25. The van der Waals surface area contributed by atoms with Gasteiger partial charge in [0.1, 0.15) is 5.69 Å². The Morgan fingerprint density at radius 1 is 1.35 bits per heavy atom. The number of rotatable bonds is 4. The van der Waals surface area contributed by atoms with E-state index in [9.17, 15) is 4.79 Å². The van der Waals surface area contributed by atoms with Gasteiger partial charge in [0, 0.05) is 34.9 Å². The summed E-state index contributed by atoms with van der Waals surface area (Å²) < 4.78 is 0. The van der Waals surface area contributed by atoms with E-state index in [1.165, 1.54) is 0 Å². The Morgan fingerprint density at radius 3 is 3.05 bits per heavy atom. The fourth-order valence-corrected chi connectivity index (χ4v) is 2.32. The van der Waals surface area contributed by atoms with Crippen molar-refractivity contribution in [2.75, 3.05) is 6.54 Å². The lowest BCUT2D eigenvalue weighted by Gasteiger charge is -2.03. The van der Waals surface area contributed by atoms with Crippen LogP contribution in [-0.4, -0.2) is 27.6 Å². The number of carbonyl (C=O) groups is 1. The van der Waals surface area contributed by atoms with Crippen LogP contribution < -0.4 is 5.32 Å². The van der Waals surface area contributed by atoms with Gasteiger partial charge in [-0.25, -0.2) is 0 Å². The molecule has 0 radical (unpaired) electrons. The van der Waals surface area contributed by atoms with E-state index >= 15 is 0 Å². The van der Waals surface area contributed by atoms with Crippen molar-refractivity contribution in [3.8, 4) is 0 Å². The van der Waals surface area contributed by atoms with Crippen molar-refractivity contribution in [3.63, 3.8) is 0 Å². The Balaban J connectivity index is 1.65. The van der Waals surface area contributed by atoms with Gasteiger partial charge in [-0.1, -0.05) is 11.6 Å². The maximum Gasteiger partial charge on any atom is 0.269 e. The topological polar surface area (TPSA) is 73.6 Å². The Bertz CT molecular complexity index is 733. The van der Waals surface area contributed by atoms with Crippen molar-refractivity contribution in [3.05, 3.63) is 52.9 Å². The van der Waals surface area contributed by atoms with E-state index in [2.05, 4.69) is 20.5 Å². The molecule has 0 bridgehead atoms. The zero-order valence-electron chi connectivity index (χ0n) is 10.6. The molecule has 0 saturated heterocycles. The number of hydrogen-bond donors (Lipinski definition) is 3. The molecule has 5 nitrogen and oxygen atoms in total. The molecule has 3 aromatic rings. The highest BCUT2D eigenvalue weighted by atomic mass is 35.5. The summed E-state index contributed by atoms with van der Waals surface area (Å²) in [7, 11) is 0. The van der Waals surface area contributed by atoms with E-state index < -0.39 is 0 Å². The van der Waals surface area contributed by atoms with Gasteiger partial charge in [-0.3, -0.25) is 9.89 Å². The monoisotopic (exact) mass is 288 g/mol. The highest BCUT2D eigenvalue weighted by molar-refractivity contribution is 6.31. The standard InChI is InChI=1S/C14H13ClN4O/c15-10-1-2-12-11(7-10)9(8-17-12)3-5-16-14(20)13-4-6-18-19-13/h1-2,4,6-8,17H,3,5H2,(H,16,20)(H,18,19). The zero-order chi connectivity index (χ0) is 13.9. The van der Waals surface area contributed by atoms with Crippen LogP contribution in [0.15, 0.2) is 36.7 Å². The van der Waals surface area contributed by atoms with Crippen LogP contribution in [0.5, 0.6) is 0 Å². The van der Waals surface area contributed by atoms with Crippen LogP contribution in [0.3, 0.4) is 0 Å². The number of aromatic nitrogens is 3. The van der Waals surface area contributed by atoms with Gasteiger partial charge in [-0.05, 0) is 36.2 Å². The van der Waals surface area contributed by atoms with Crippen molar-refractivity contribution in [2.24, 2.45) is 0 Å². The SMILES string of the molecule is O=C(NCCc1c[nH]c2ccc(Cl)cc12)c1ccn[nH]1. The average Bonchev–Trinajstić information content (AvgIpc) is 3.08. The fourth-order valence-electron chi connectivity index (χ4n) is 2.15. The normalized spacial score (nSPS) is 10.8. The summed E-state index contributed by atoms with van der Waals surface area (Å²) in [4.78, 5) is 14.9. The Morgan fingerprint density at radius 2 is 2.25 bits per heavy atom. The minimum Gasteiger partial charge on any atom is -0.361 e. The lowest BCUT2D eigenvalue weighted by molar-refractivity contribution is 0.0949. The quantitative estimate of drug-likeness (QED) is 0.690. The third-order valence-corrected chi connectivity index (χ3v) is 3.39. The largest absolute Gasteiger partial charge is 0.361 e. The van der Waals surface area contributed by atoms with Gasteiger partial charge in [0.25, 0.3) is 5.91 Å². The van der Waals surface area contributed by atoms with Crippen molar-refractivity contribution in [1.82, 2.24) is 20.5 Å². The molecule has 0 fully saturated rings. The molecule has 3 rings (SSSR count). The molecule has 0 atom stereocenters. The minimum atomic E-state index is -0.152. The minimum absolute atomic E-state index is 0.152. The molecular formula is C14H13ClN4O. The van der Waals surface area contributed by atoms with Gasteiger partial charge >= 0.3 is 0 Å². The summed E-state index contributed by atoms with van der Waals surface area (Å²) in [5.74, 6) is -0.152. The molecule has 3 N–H and O–H groups in total. The molecule has 0 spiro atoms. The molecule has 6 heteroatoms. The smallest absolute Gasteiger partial charge is 0.269 e. The Labute approximate surface area is 120 Å². The van der Waals surface area contributed by atoms with E-state index in [1.807, 2.05) is 24.4 Å². The van der Waals surface area contributed by atoms with E-state index in [4.69, 9.17) is 11.6 Å². The molecule has 0 aliphatic heterocycles. The van der Waals surface area contributed by atoms with Crippen LogP contribution in [0.25, 0.3) is 10.9 Å². The van der Waals surface area contributed by atoms with Gasteiger partial charge < -0.3 is 10.3 Å². The Kier molecular flexibility index (Phi) is 3.43. The second kappa shape index (κ2) is 5.38. The summed E-state index contributed by atoms with van der Waals surface area (Å²) in [5, 5.41) is 11.0. The molecule has 102 valence electrons. The van der Waals surface area contributed by atoms with Crippen LogP contribution in [0.4, 0.5) is 0 Å². The van der Waals surface area contributed by atoms with E-state index in [0.29, 0.717) is 17.3 Å². The molecule has 20 heavy (non-hydrogen) atoms. The average molecular weight is 289 g/mol. The molecular weight excluding hydrogens is 276 g/mol. The first-order valence-electron chi connectivity index (χ1n) is 6.27. The summed E-state index contributed by atoms with van der Waals surface area (Å²) in [5.41, 5.74) is 2.64. The first kappa shape index (κ1) is 12.7. The molecule has 1 amide bonds. The van der Waals surface area contributed by atoms with Crippen molar-refractivity contribution in [1.29, 1.82) is 0 Å². The van der Waals surface area contributed by atoms with Crippen molar-refractivity contribution < 1.29 is 4.79 Å². The first-order chi connectivity index (χ1) is 9.74. The number of hydrogen-bond acceptors (Lipinski definition) is 2. The first-order valence-corrected chi connectivity index (χ1v) is 6.65. The highest BCUT2D eigenvalue weighted by Crippen LogP contribution is 2.22. The number of nitrogens with zero attached hydrogens (tertiary/aromatic N) is 1. The molecule has 1 aromatic carbocycles.